The van der Waals surface area contributed by atoms with E-state index in [-0.39, 0.29) is 0 Å². The van der Waals surface area contributed by atoms with E-state index in [1.807, 2.05) is 0 Å². The van der Waals surface area contributed by atoms with Crippen molar-refractivity contribution in [1.29, 1.82) is 0 Å². The zero-order valence-corrected chi connectivity index (χ0v) is 10.4. The molecule has 0 aliphatic carbocycles. The average Bonchev–Trinajstić information content (AvgIpc) is 2.03. The zero-order valence-electron chi connectivity index (χ0n) is 9.41. The zero-order chi connectivity index (χ0) is 10.1. The first-order valence-electron chi connectivity index (χ1n) is 4.94. The molecule has 1 nitrogen and oxygen atoms in total. The number of allylic oxidation sites excluding steroid dienone is 2. The third-order valence-corrected chi connectivity index (χ3v) is 5.01. The van der Waals surface area contributed by atoms with Crippen molar-refractivity contribution in [2.24, 2.45) is 0 Å². The molecule has 0 aromatic carbocycles. The lowest BCUT2D eigenvalue weighted by molar-refractivity contribution is 0.655. The van der Waals surface area contributed by atoms with Gasteiger partial charge in [0.1, 0.15) is 0 Å². The Labute approximate surface area is 83.6 Å². The second-order valence-electron chi connectivity index (χ2n) is 5.12. The van der Waals surface area contributed by atoms with E-state index in [4.69, 9.17) is 0 Å². The van der Waals surface area contributed by atoms with Crippen LogP contribution in [0.25, 0.3) is 0 Å². The maximum atomic E-state index is 2.42. The van der Waals surface area contributed by atoms with Crippen molar-refractivity contribution in [3.63, 3.8) is 0 Å². The molecule has 0 radical (unpaired) electrons. The molecule has 0 saturated heterocycles. The fraction of sp³-hybridized carbons (Fsp3) is 0.600. The lowest BCUT2D eigenvalue weighted by Crippen LogP contribution is -2.33. The Bertz CT molecular complexity index is 214. The van der Waals surface area contributed by atoms with Gasteiger partial charge in [0.15, 0.2) is 0 Å². The molecule has 0 saturated carbocycles. The van der Waals surface area contributed by atoms with Crippen LogP contribution in [0.15, 0.2) is 24.1 Å². The Hall–Kier alpha value is -0.278. The Kier molecular flexibility index (Phi) is 3.19. The maximum absolute atomic E-state index is 2.42. The molecule has 0 atom stereocenters. The lowest BCUT2D eigenvalue weighted by atomic mass is 9.59. The van der Waals surface area contributed by atoms with E-state index in [0.29, 0.717) is 6.85 Å². The van der Waals surface area contributed by atoms with Gasteiger partial charge in [-0.1, -0.05) is 43.7 Å². The van der Waals surface area contributed by atoms with Crippen LogP contribution in [-0.4, -0.2) is 33.8 Å². The molecule has 0 spiro atoms. The minimum atomic E-state index is -1.01. The fourth-order valence-corrected chi connectivity index (χ4v) is 2.89. The molecule has 72 valence electrons. The minimum absolute atomic E-state index is 0.507. The summed E-state index contributed by atoms with van der Waals surface area (Å²) in [5.74, 6) is 4.64. The highest BCUT2D eigenvalue weighted by Gasteiger charge is 2.25. The molecule has 0 N–H and O–H groups in total. The lowest BCUT2D eigenvalue weighted by Gasteiger charge is -2.27. The van der Waals surface area contributed by atoms with Crippen molar-refractivity contribution < 1.29 is 0 Å². The van der Waals surface area contributed by atoms with Gasteiger partial charge in [0, 0.05) is 0 Å². The Morgan fingerprint density at radius 2 is 1.54 bits per heavy atom. The summed E-state index contributed by atoms with van der Waals surface area (Å²) in [7, 11) is 3.23. The summed E-state index contributed by atoms with van der Waals surface area (Å²) < 4.78 is 0. The second kappa shape index (κ2) is 3.84. The second-order valence-corrected chi connectivity index (χ2v) is 10.5. The molecule has 13 heavy (non-hydrogen) atoms. The molecule has 1 heterocycles. The van der Waals surface area contributed by atoms with Gasteiger partial charge in [0.25, 0.3) is 6.85 Å². The third-order valence-electron chi connectivity index (χ3n) is 2.63. The van der Waals surface area contributed by atoms with E-state index in [1.165, 1.54) is 0 Å². The van der Waals surface area contributed by atoms with E-state index in [9.17, 15) is 0 Å². The van der Waals surface area contributed by atoms with Gasteiger partial charge >= 0.3 is 0 Å². The predicted octanol–water partition coefficient (Wildman–Crippen LogP) is 2.45. The van der Waals surface area contributed by atoms with Crippen LogP contribution in [0.5, 0.6) is 0 Å². The first kappa shape index (κ1) is 10.8. The maximum Gasteiger partial charge on any atom is 0.275 e. The van der Waals surface area contributed by atoms with E-state index < -0.39 is 8.07 Å². The number of rotatable bonds is 2. The summed E-state index contributed by atoms with van der Waals surface area (Å²) in [6.07, 6.45) is 4.77. The fourth-order valence-electron chi connectivity index (χ4n) is 1.52. The first-order valence-corrected chi connectivity index (χ1v) is 8.52. The van der Waals surface area contributed by atoms with Crippen LogP contribution in [0.4, 0.5) is 0 Å². The van der Waals surface area contributed by atoms with E-state index in [1.54, 1.807) is 0 Å². The Balaban J connectivity index is 2.64. The summed E-state index contributed by atoms with van der Waals surface area (Å²) in [6.45, 7) is 7.76. The summed E-state index contributed by atoms with van der Waals surface area (Å²) in [5, 5.41) is 0. The van der Waals surface area contributed by atoms with Gasteiger partial charge in [0.05, 0.1) is 8.07 Å². The van der Waals surface area contributed by atoms with Gasteiger partial charge in [-0.05, 0) is 19.6 Å². The quantitative estimate of drug-likeness (QED) is 0.609. The summed E-state index contributed by atoms with van der Waals surface area (Å²) in [6, 6.07) is 0. The van der Waals surface area contributed by atoms with E-state index >= 15 is 0 Å². The highest BCUT2D eigenvalue weighted by atomic mass is 28.3. The topological polar surface area (TPSA) is 3.24 Å². The van der Waals surface area contributed by atoms with Crippen LogP contribution in [0, 0.1) is 0 Å². The number of hydrogen-bond acceptors (Lipinski definition) is 1. The van der Waals surface area contributed by atoms with Crippen LogP contribution in [0.1, 0.15) is 0 Å². The van der Waals surface area contributed by atoms with Gasteiger partial charge in [-0.25, -0.2) is 0 Å². The molecule has 0 bridgehead atoms. The van der Waals surface area contributed by atoms with Crippen molar-refractivity contribution in [2.75, 3.05) is 14.1 Å². The molecule has 1 aliphatic heterocycles. The molecule has 1 aliphatic rings. The van der Waals surface area contributed by atoms with Crippen molar-refractivity contribution in [1.82, 2.24) is 4.81 Å². The Morgan fingerprint density at radius 1 is 1.08 bits per heavy atom. The van der Waals surface area contributed by atoms with Crippen LogP contribution < -0.4 is 0 Å². The molecule has 0 fully saturated rings. The minimum Gasteiger partial charge on any atom is -0.340 e. The molecule has 0 unspecified atom stereocenters. The van der Waals surface area contributed by atoms with Crippen molar-refractivity contribution in [2.45, 2.75) is 25.2 Å². The molecule has 0 aromatic heterocycles. The highest BCUT2D eigenvalue weighted by Crippen LogP contribution is 2.27. The van der Waals surface area contributed by atoms with E-state index in [2.05, 4.69) is 62.7 Å². The summed E-state index contributed by atoms with van der Waals surface area (Å²) in [4.78, 5) is 2.23. The first-order chi connectivity index (χ1) is 5.91. The van der Waals surface area contributed by atoms with Gasteiger partial charge < -0.3 is 4.81 Å². The number of hydrogen-bond donors (Lipinski definition) is 0. The molecule has 1 rings (SSSR count). The third kappa shape index (κ3) is 2.85. The Morgan fingerprint density at radius 3 is 1.85 bits per heavy atom. The molecule has 0 aromatic rings. The normalized spacial score (nSPS) is 18.8. The van der Waals surface area contributed by atoms with Crippen LogP contribution in [-0.2, 0) is 0 Å². The van der Waals surface area contributed by atoms with Gasteiger partial charge in [-0.15, -0.1) is 0 Å². The van der Waals surface area contributed by atoms with Crippen molar-refractivity contribution in [3.05, 3.63) is 24.1 Å². The molecular formula is C10H20BNSi. The predicted molar refractivity (Wildman–Crippen MR) is 64.8 cm³/mol. The van der Waals surface area contributed by atoms with Gasteiger partial charge in [0.2, 0.25) is 0 Å². The van der Waals surface area contributed by atoms with Crippen molar-refractivity contribution in [3.8, 4) is 0 Å². The van der Waals surface area contributed by atoms with Crippen LogP contribution in [0.3, 0.4) is 0 Å². The summed E-state index contributed by atoms with van der Waals surface area (Å²) >= 11 is 0. The largest absolute Gasteiger partial charge is 0.340 e. The number of nitrogens with zero attached hydrogens (tertiary/aromatic N) is 1. The van der Waals surface area contributed by atoms with Crippen LogP contribution >= 0.6 is 0 Å². The monoisotopic (exact) mass is 193 g/mol. The van der Waals surface area contributed by atoms with Crippen molar-refractivity contribution >= 4 is 14.9 Å². The average molecular weight is 193 g/mol. The molecule has 3 heteroatoms. The summed E-state index contributed by atoms with van der Waals surface area (Å²) in [5.41, 5.74) is 0.726. The van der Waals surface area contributed by atoms with Gasteiger partial charge in [-0.3, -0.25) is 0 Å². The standard InChI is InChI=1S/C10H20BNSi/c1-12(2)11-8-6-10(7-9-11)13(3,4)5/h6-10H,1-5H3. The van der Waals surface area contributed by atoms with Crippen LogP contribution in [0.2, 0.25) is 25.2 Å². The molecular weight excluding hydrogens is 173 g/mol. The van der Waals surface area contributed by atoms with Gasteiger partial charge in [-0.2, -0.15) is 0 Å². The smallest absolute Gasteiger partial charge is 0.275 e. The van der Waals surface area contributed by atoms with E-state index in [0.717, 1.165) is 5.54 Å². The SMILES string of the molecule is CN(C)B1C=CC([Si](C)(C)C)C=C1. The molecule has 0 amide bonds. The highest BCUT2D eigenvalue weighted by molar-refractivity contribution is 6.79.